The van der Waals surface area contributed by atoms with Gasteiger partial charge in [-0.05, 0) is 19.1 Å². The lowest BCUT2D eigenvalue weighted by atomic mass is 10.1. The standard InChI is InChI=1S/C23H27FN4O3/c1-4-25-23(29)28(13-14-30-3)16-20-21(17-9-6-5-7-10-17)26-27(2)22(20)31-19-12-8-11-18(24)15-19/h5-12,15H,4,13-14,16H2,1-3H3,(H,25,29). The molecule has 0 saturated carbocycles. The number of hydrogen-bond acceptors (Lipinski definition) is 4. The Hall–Kier alpha value is -3.39. The zero-order valence-electron chi connectivity index (χ0n) is 18.0. The van der Waals surface area contributed by atoms with Crippen molar-refractivity contribution in [3.05, 3.63) is 66.0 Å². The second-order valence-electron chi connectivity index (χ2n) is 6.93. The van der Waals surface area contributed by atoms with Gasteiger partial charge in [0, 0.05) is 38.9 Å². The van der Waals surface area contributed by atoms with Crippen molar-refractivity contribution in [2.24, 2.45) is 7.05 Å². The van der Waals surface area contributed by atoms with Gasteiger partial charge in [0.15, 0.2) is 0 Å². The number of aromatic nitrogens is 2. The summed E-state index contributed by atoms with van der Waals surface area (Å²) < 4.78 is 26.5. The van der Waals surface area contributed by atoms with Crippen LogP contribution in [-0.2, 0) is 18.3 Å². The summed E-state index contributed by atoms with van der Waals surface area (Å²) in [6.07, 6.45) is 0. The number of rotatable bonds is 9. The largest absolute Gasteiger partial charge is 0.439 e. The summed E-state index contributed by atoms with van der Waals surface area (Å²) in [5.74, 6) is 0.398. The first-order chi connectivity index (χ1) is 15.0. The summed E-state index contributed by atoms with van der Waals surface area (Å²) in [6, 6.07) is 15.4. The van der Waals surface area contributed by atoms with Gasteiger partial charge in [0.25, 0.3) is 0 Å². The molecule has 8 heteroatoms. The summed E-state index contributed by atoms with van der Waals surface area (Å²) in [5, 5.41) is 7.48. The molecule has 1 N–H and O–H groups in total. The number of benzene rings is 2. The number of methoxy groups -OCH3 is 1. The molecule has 0 unspecified atom stereocenters. The van der Waals surface area contributed by atoms with Gasteiger partial charge >= 0.3 is 6.03 Å². The second kappa shape index (κ2) is 10.6. The Labute approximate surface area is 181 Å². The molecular weight excluding hydrogens is 399 g/mol. The summed E-state index contributed by atoms with van der Waals surface area (Å²) >= 11 is 0. The minimum absolute atomic E-state index is 0.209. The lowest BCUT2D eigenvalue weighted by Crippen LogP contribution is -2.41. The van der Waals surface area contributed by atoms with Crippen molar-refractivity contribution in [3.8, 4) is 22.9 Å². The van der Waals surface area contributed by atoms with Crippen LogP contribution < -0.4 is 10.1 Å². The molecule has 1 aromatic heterocycles. The number of carbonyl (C=O) groups excluding carboxylic acids is 1. The van der Waals surface area contributed by atoms with Gasteiger partial charge in [-0.2, -0.15) is 5.10 Å². The Kier molecular flexibility index (Phi) is 7.61. The van der Waals surface area contributed by atoms with Gasteiger partial charge in [-0.25, -0.2) is 13.9 Å². The van der Waals surface area contributed by atoms with Crippen LogP contribution in [0.4, 0.5) is 9.18 Å². The van der Waals surface area contributed by atoms with Crippen LogP contribution in [0.3, 0.4) is 0 Å². The third-order valence-electron chi connectivity index (χ3n) is 4.68. The summed E-state index contributed by atoms with van der Waals surface area (Å²) in [7, 11) is 3.35. The van der Waals surface area contributed by atoms with Gasteiger partial charge in [0.1, 0.15) is 17.3 Å². The van der Waals surface area contributed by atoms with Crippen LogP contribution in [0.2, 0.25) is 0 Å². The quantitative estimate of drug-likeness (QED) is 0.557. The van der Waals surface area contributed by atoms with Crippen molar-refractivity contribution in [3.63, 3.8) is 0 Å². The molecule has 3 aromatic rings. The van der Waals surface area contributed by atoms with E-state index >= 15 is 0 Å². The number of nitrogens with zero attached hydrogens (tertiary/aromatic N) is 3. The van der Waals surface area contributed by atoms with E-state index in [-0.39, 0.29) is 12.6 Å². The average molecular weight is 426 g/mol. The van der Waals surface area contributed by atoms with E-state index in [0.717, 1.165) is 11.1 Å². The predicted octanol–water partition coefficient (Wildman–Crippen LogP) is 4.20. The molecule has 0 radical (unpaired) electrons. The fourth-order valence-electron chi connectivity index (χ4n) is 3.20. The summed E-state index contributed by atoms with van der Waals surface area (Å²) in [5.41, 5.74) is 2.31. The molecule has 2 amide bonds. The van der Waals surface area contributed by atoms with Crippen molar-refractivity contribution in [1.82, 2.24) is 20.0 Å². The molecule has 0 saturated heterocycles. The molecule has 0 bridgehead atoms. The number of ether oxygens (including phenoxy) is 2. The Balaban J connectivity index is 2.04. The van der Waals surface area contributed by atoms with Crippen molar-refractivity contribution in [2.75, 3.05) is 26.8 Å². The van der Waals surface area contributed by atoms with Gasteiger partial charge in [0.05, 0.1) is 18.7 Å². The van der Waals surface area contributed by atoms with E-state index in [1.165, 1.54) is 12.1 Å². The van der Waals surface area contributed by atoms with Gasteiger partial charge in [0.2, 0.25) is 5.88 Å². The van der Waals surface area contributed by atoms with Gasteiger partial charge in [-0.1, -0.05) is 36.4 Å². The number of aryl methyl sites for hydroxylation is 1. The maximum atomic E-state index is 13.7. The third kappa shape index (κ3) is 5.61. The Bertz CT molecular complexity index is 1010. The molecule has 1 heterocycles. The lowest BCUT2D eigenvalue weighted by Gasteiger charge is -2.23. The van der Waals surface area contributed by atoms with E-state index in [9.17, 15) is 9.18 Å². The number of urea groups is 1. The zero-order valence-corrected chi connectivity index (χ0v) is 18.0. The highest BCUT2D eigenvalue weighted by Crippen LogP contribution is 2.34. The van der Waals surface area contributed by atoms with Crippen molar-refractivity contribution >= 4 is 6.03 Å². The van der Waals surface area contributed by atoms with Crippen molar-refractivity contribution in [1.29, 1.82) is 0 Å². The molecule has 0 aliphatic heterocycles. The highest BCUT2D eigenvalue weighted by atomic mass is 19.1. The number of halogens is 1. The third-order valence-corrected chi connectivity index (χ3v) is 4.68. The van der Waals surface area contributed by atoms with Gasteiger partial charge in [-0.3, -0.25) is 0 Å². The van der Waals surface area contributed by atoms with Crippen LogP contribution in [0.25, 0.3) is 11.3 Å². The van der Waals surface area contributed by atoms with Gasteiger partial charge in [-0.15, -0.1) is 0 Å². The van der Waals surface area contributed by atoms with Crippen molar-refractivity contribution in [2.45, 2.75) is 13.5 Å². The van der Waals surface area contributed by atoms with E-state index in [4.69, 9.17) is 9.47 Å². The van der Waals surface area contributed by atoms with E-state index in [0.29, 0.717) is 37.0 Å². The molecule has 164 valence electrons. The van der Waals surface area contributed by atoms with Crippen LogP contribution in [0, 0.1) is 5.82 Å². The van der Waals surface area contributed by atoms with Crippen LogP contribution in [0.1, 0.15) is 12.5 Å². The molecule has 0 aliphatic carbocycles. The average Bonchev–Trinajstić information content (AvgIpc) is 3.07. The van der Waals surface area contributed by atoms with Crippen LogP contribution in [-0.4, -0.2) is 47.5 Å². The minimum atomic E-state index is -0.395. The number of nitrogens with one attached hydrogen (secondary N) is 1. The fraction of sp³-hybridized carbons (Fsp3) is 0.304. The van der Waals surface area contributed by atoms with E-state index in [1.54, 1.807) is 35.9 Å². The topological polar surface area (TPSA) is 68.6 Å². The van der Waals surface area contributed by atoms with Crippen LogP contribution in [0.5, 0.6) is 11.6 Å². The SMILES string of the molecule is CCNC(=O)N(CCOC)Cc1c(-c2ccccc2)nn(C)c1Oc1cccc(F)c1. The Morgan fingerprint density at radius 1 is 1.19 bits per heavy atom. The highest BCUT2D eigenvalue weighted by Gasteiger charge is 2.24. The molecular formula is C23H27FN4O3. The number of carbonyl (C=O) groups is 1. The molecule has 31 heavy (non-hydrogen) atoms. The first kappa shape index (κ1) is 22.3. The fourth-order valence-corrected chi connectivity index (χ4v) is 3.20. The summed E-state index contributed by atoms with van der Waals surface area (Å²) in [6.45, 7) is 3.40. The second-order valence-corrected chi connectivity index (χ2v) is 6.93. The van der Waals surface area contributed by atoms with Crippen LogP contribution >= 0.6 is 0 Å². The van der Waals surface area contributed by atoms with E-state index in [1.807, 2.05) is 37.3 Å². The number of hydrogen-bond donors (Lipinski definition) is 1. The predicted molar refractivity (Wildman–Crippen MR) is 116 cm³/mol. The molecule has 0 fully saturated rings. The summed E-state index contributed by atoms with van der Waals surface area (Å²) in [4.78, 5) is 14.3. The molecule has 2 aromatic carbocycles. The normalized spacial score (nSPS) is 10.7. The van der Waals surface area contributed by atoms with E-state index < -0.39 is 5.82 Å². The zero-order chi connectivity index (χ0) is 22.2. The first-order valence-electron chi connectivity index (χ1n) is 10.1. The van der Waals surface area contributed by atoms with Crippen molar-refractivity contribution < 1.29 is 18.7 Å². The molecule has 0 aliphatic rings. The molecule has 3 rings (SSSR count). The molecule has 0 atom stereocenters. The first-order valence-corrected chi connectivity index (χ1v) is 10.1. The highest BCUT2D eigenvalue weighted by molar-refractivity contribution is 5.75. The Morgan fingerprint density at radius 2 is 1.97 bits per heavy atom. The minimum Gasteiger partial charge on any atom is -0.439 e. The Morgan fingerprint density at radius 3 is 2.65 bits per heavy atom. The maximum Gasteiger partial charge on any atom is 0.317 e. The lowest BCUT2D eigenvalue weighted by molar-refractivity contribution is 0.146. The van der Waals surface area contributed by atoms with E-state index in [2.05, 4.69) is 10.4 Å². The molecule has 0 spiro atoms. The monoisotopic (exact) mass is 426 g/mol. The maximum absolute atomic E-state index is 13.7. The van der Waals surface area contributed by atoms with Gasteiger partial charge < -0.3 is 19.7 Å². The smallest absolute Gasteiger partial charge is 0.317 e. The van der Waals surface area contributed by atoms with Crippen LogP contribution in [0.15, 0.2) is 54.6 Å². The number of amides is 2. The molecule has 7 nitrogen and oxygen atoms in total.